The largest absolute Gasteiger partial charge is 0.496 e. The van der Waals surface area contributed by atoms with Crippen LogP contribution in [-0.4, -0.2) is 17.1 Å². The van der Waals surface area contributed by atoms with Crippen molar-refractivity contribution in [3.05, 3.63) is 40.3 Å². The molecule has 4 nitrogen and oxygen atoms in total. The van der Waals surface area contributed by atoms with E-state index in [2.05, 4.69) is 16.0 Å². The van der Waals surface area contributed by atoms with Crippen LogP contribution in [0.3, 0.4) is 0 Å². The van der Waals surface area contributed by atoms with Gasteiger partial charge >= 0.3 is 0 Å². The Balaban J connectivity index is 2.21. The van der Waals surface area contributed by atoms with Gasteiger partial charge in [0.1, 0.15) is 16.7 Å². The first kappa shape index (κ1) is 13.8. The highest BCUT2D eigenvalue weighted by Gasteiger charge is 2.28. The van der Waals surface area contributed by atoms with Gasteiger partial charge < -0.3 is 4.74 Å². The van der Waals surface area contributed by atoms with Gasteiger partial charge in [-0.2, -0.15) is 5.26 Å². The zero-order valence-electron chi connectivity index (χ0n) is 11.9. The van der Waals surface area contributed by atoms with E-state index in [1.54, 1.807) is 25.3 Å². The lowest BCUT2D eigenvalue weighted by atomic mass is 10.0. The topological polar surface area (TPSA) is 58.8 Å². The van der Waals surface area contributed by atoms with Gasteiger partial charge in [-0.15, -0.1) is 0 Å². The normalized spacial score (nSPS) is 13.8. The molecule has 106 valence electrons. The van der Waals surface area contributed by atoms with E-state index < -0.39 is 0 Å². The van der Waals surface area contributed by atoms with Gasteiger partial charge in [0.2, 0.25) is 0 Å². The average Bonchev–Trinajstić information content (AvgIpc) is 3.34. The van der Waals surface area contributed by atoms with Crippen molar-refractivity contribution in [2.75, 3.05) is 7.11 Å². The summed E-state index contributed by atoms with van der Waals surface area (Å²) in [6, 6.07) is 7.42. The standard InChI is InChI=1S/C16H14ClN3O/c1-9-14(19-16(11-4-5-11)20-15(9)17)12-7-10(8-18)3-6-13(12)21-2/h3,6-7,11H,4-5H2,1-2H3. The van der Waals surface area contributed by atoms with Crippen LogP contribution >= 0.6 is 11.6 Å². The second-order valence-corrected chi connectivity index (χ2v) is 5.51. The van der Waals surface area contributed by atoms with E-state index in [-0.39, 0.29) is 0 Å². The first-order chi connectivity index (χ1) is 10.1. The summed E-state index contributed by atoms with van der Waals surface area (Å²) in [6.07, 6.45) is 2.21. The molecular formula is C16H14ClN3O. The van der Waals surface area contributed by atoms with Gasteiger partial charge in [0.15, 0.2) is 0 Å². The van der Waals surface area contributed by atoms with Gasteiger partial charge in [-0.1, -0.05) is 11.6 Å². The Bertz CT molecular complexity index is 748. The Morgan fingerprint density at radius 1 is 1.33 bits per heavy atom. The Hall–Kier alpha value is -2.12. The number of nitriles is 1. The van der Waals surface area contributed by atoms with Crippen molar-refractivity contribution in [3.8, 4) is 23.1 Å². The third-order valence-electron chi connectivity index (χ3n) is 3.63. The highest BCUT2D eigenvalue weighted by atomic mass is 35.5. The fourth-order valence-electron chi connectivity index (χ4n) is 2.25. The summed E-state index contributed by atoms with van der Waals surface area (Å²) in [4.78, 5) is 9.03. The van der Waals surface area contributed by atoms with Crippen LogP contribution in [0.25, 0.3) is 11.3 Å². The molecule has 1 aromatic heterocycles. The molecule has 0 N–H and O–H groups in total. The number of hydrogen-bond acceptors (Lipinski definition) is 4. The number of rotatable bonds is 3. The summed E-state index contributed by atoms with van der Waals surface area (Å²) in [5.41, 5.74) is 2.88. The zero-order chi connectivity index (χ0) is 15.0. The number of halogens is 1. The predicted octanol–water partition coefficient (Wildman–Crippen LogP) is 3.86. The van der Waals surface area contributed by atoms with Gasteiger partial charge in [-0.05, 0) is 38.0 Å². The lowest BCUT2D eigenvalue weighted by Crippen LogP contribution is -2.01. The summed E-state index contributed by atoms with van der Waals surface area (Å²) < 4.78 is 5.40. The third-order valence-corrected chi connectivity index (χ3v) is 4.00. The fraction of sp³-hybridized carbons (Fsp3) is 0.312. The van der Waals surface area contributed by atoms with Gasteiger partial charge in [0.05, 0.1) is 24.4 Å². The van der Waals surface area contributed by atoms with Crippen molar-refractivity contribution in [2.45, 2.75) is 25.7 Å². The predicted molar refractivity (Wildman–Crippen MR) is 80.5 cm³/mol. The van der Waals surface area contributed by atoms with Crippen LogP contribution in [0, 0.1) is 18.3 Å². The van der Waals surface area contributed by atoms with Crippen molar-refractivity contribution in [1.82, 2.24) is 9.97 Å². The minimum absolute atomic E-state index is 0.409. The maximum absolute atomic E-state index is 9.10. The number of methoxy groups -OCH3 is 1. The molecule has 1 heterocycles. The number of benzene rings is 1. The molecular weight excluding hydrogens is 286 g/mol. The smallest absolute Gasteiger partial charge is 0.136 e. The molecule has 2 aromatic rings. The van der Waals surface area contributed by atoms with E-state index >= 15 is 0 Å². The van der Waals surface area contributed by atoms with Crippen LogP contribution < -0.4 is 4.74 Å². The molecule has 1 saturated carbocycles. The Labute approximate surface area is 128 Å². The van der Waals surface area contributed by atoms with Gasteiger partial charge in [-0.3, -0.25) is 0 Å². The quantitative estimate of drug-likeness (QED) is 0.807. The maximum Gasteiger partial charge on any atom is 0.136 e. The summed E-state index contributed by atoms with van der Waals surface area (Å²) in [6.45, 7) is 1.88. The lowest BCUT2D eigenvalue weighted by Gasteiger charge is -2.12. The first-order valence-electron chi connectivity index (χ1n) is 6.76. The van der Waals surface area contributed by atoms with Crippen LogP contribution in [0.2, 0.25) is 5.15 Å². The monoisotopic (exact) mass is 299 g/mol. The Morgan fingerprint density at radius 2 is 2.10 bits per heavy atom. The van der Waals surface area contributed by atoms with Crippen molar-refractivity contribution < 1.29 is 4.74 Å². The molecule has 1 fully saturated rings. The molecule has 0 radical (unpaired) electrons. The highest BCUT2D eigenvalue weighted by molar-refractivity contribution is 6.30. The van der Waals surface area contributed by atoms with E-state index in [4.69, 9.17) is 21.6 Å². The van der Waals surface area contributed by atoms with E-state index in [0.29, 0.717) is 22.4 Å². The Kier molecular flexibility index (Phi) is 3.52. The van der Waals surface area contributed by atoms with Crippen molar-refractivity contribution in [2.24, 2.45) is 0 Å². The Morgan fingerprint density at radius 3 is 2.71 bits per heavy atom. The molecule has 0 saturated heterocycles. The highest BCUT2D eigenvalue weighted by Crippen LogP contribution is 2.41. The molecule has 0 spiro atoms. The minimum Gasteiger partial charge on any atom is -0.496 e. The number of nitrogens with zero attached hydrogens (tertiary/aromatic N) is 3. The van der Waals surface area contributed by atoms with Crippen molar-refractivity contribution in [3.63, 3.8) is 0 Å². The summed E-state index contributed by atoms with van der Waals surface area (Å²) in [7, 11) is 1.60. The van der Waals surface area contributed by atoms with E-state index in [9.17, 15) is 0 Å². The molecule has 5 heteroatoms. The summed E-state index contributed by atoms with van der Waals surface area (Å²) in [5, 5.41) is 9.56. The second-order valence-electron chi connectivity index (χ2n) is 5.15. The van der Waals surface area contributed by atoms with Crippen LogP contribution in [0.1, 0.15) is 35.7 Å². The van der Waals surface area contributed by atoms with Gasteiger partial charge in [0, 0.05) is 17.0 Å². The zero-order valence-corrected chi connectivity index (χ0v) is 12.6. The lowest BCUT2D eigenvalue weighted by molar-refractivity contribution is 0.416. The fourth-order valence-corrected chi connectivity index (χ4v) is 2.43. The molecule has 21 heavy (non-hydrogen) atoms. The molecule has 1 aliphatic rings. The molecule has 1 aromatic carbocycles. The van der Waals surface area contributed by atoms with E-state index in [1.165, 1.54) is 0 Å². The number of ether oxygens (including phenoxy) is 1. The van der Waals surface area contributed by atoms with Crippen LogP contribution in [0.5, 0.6) is 5.75 Å². The summed E-state index contributed by atoms with van der Waals surface area (Å²) in [5.74, 6) is 1.87. The van der Waals surface area contributed by atoms with Gasteiger partial charge in [0.25, 0.3) is 0 Å². The molecule has 3 rings (SSSR count). The second kappa shape index (κ2) is 5.34. The van der Waals surface area contributed by atoms with Crippen molar-refractivity contribution in [1.29, 1.82) is 5.26 Å². The molecule has 0 atom stereocenters. The number of aromatic nitrogens is 2. The maximum atomic E-state index is 9.10. The van der Waals surface area contributed by atoms with E-state index in [0.717, 1.165) is 35.5 Å². The molecule has 0 aliphatic heterocycles. The van der Waals surface area contributed by atoms with Crippen LogP contribution in [0.4, 0.5) is 0 Å². The SMILES string of the molecule is COc1ccc(C#N)cc1-c1nc(C2CC2)nc(Cl)c1C. The third kappa shape index (κ3) is 2.57. The molecule has 0 unspecified atom stereocenters. The van der Waals surface area contributed by atoms with Crippen LogP contribution in [-0.2, 0) is 0 Å². The molecule has 0 bridgehead atoms. The summed E-state index contributed by atoms with van der Waals surface area (Å²) >= 11 is 6.25. The van der Waals surface area contributed by atoms with Crippen molar-refractivity contribution >= 4 is 11.6 Å². The molecule has 0 amide bonds. The first-order valence-corrected chi connectivity index (χ1v) is 7.14. The average molecular weight is 300 g/mol. The van der Waals surface area contributed by atoms with Gasteiger partial charge in [-0.25, -0.2) is 9.97 Å². The number of hydrogen-bond donors (Lipinski definition) is 0. The molecule has 1 aliphatic carbocycles. The minimum atomic E-state index is 0.409. The van der Waals surface area contributed by atoms with E-state index in [1.807, 2.05) is 6.92 Å². The van der Waals surface area contributed by atoms with Crippen LogP contribution in [0.15, 0.2) is 18.2 Å².